The number of hydrogen-bond donors (Lipinski definition) is 2. The number of carbonyl (C=O) groups is 3. The first kappa shape index (κ1) is 29.5. The first-order valence-electron chi connectivity index (χ1n) is 11.3. The zero-order valence-electron chi connectivity index (χ0n) is 20.5. The third kappa shape index (κ3) is 7.97. The fourth-order valence-corrected chi connectivity index (χ4v) is 4.34. The standard InChI is InChI=1S/C25H24Cl3N5O4S/c1-4-9-33-21(12-29-23(35)15-5-7-17(26)19(28)10-15)31-32-25(33)38-13-22(34)30-20-11-16(6-8-18(20)27)24(36)37-14(2)3/h4-8,10-11,14H,1,9,12-13H2,2-3H3,(H,29,35)(H,30,34). The lowest BCUT2D eigenvalue weighted by Gasteiger charge is -2.11. The number of ether oxygens (including phenoxy) is 1. The van der Waals surface area contributed by atoms with Gasteiger partial charge in [0, 0.05) is 12.1 Å². The van der Waals surface area contributed by atoms with Crippen molar-refractivity contribution in [3.63, 3.8) is 0 Å². The van der Waals surface area contributed by atoms with E-state index < -0.39 is 5.97 Å². The van der Waals surface area contributed by atoms with Crippen molar-refractivity contribution in [1.29, 1.82) is 0 Å². The van der Waals surface area contributed by atoms with E-state index in [1.54, 1.807) is 36.6 Å². The molecule has 0 radical (unpaired) electrons. The van der Waals surface area contributed by atoms with Gasteiger partial charge in [-0.15, -0.1) is 16.8 Å². The van der Waals surface area contributed by atoms with Crippen LogP contribution in [0.5, 0.6) is 0 Å². The predicted octanol–water partition coefficient (Wildman–Crippen LogP) is 5.65. The first-order chi connectivity index (χ1) is 18.1. The normalized spacial score (nSPS) is 10.8. The fourth-order valence-electron chi connectivity index (χ4n) is 3.11. The molecule has 0 aliphatic rings. The quantitative estimate of drug-likeness (QED) is 0.167. The van der Waals surface area contributed by atoms with Crippen LogP contribution < -0.4 is 10.6 Å². The Morgan fingerprint density at radius 1 is 1.05 bits per heavy atom. The third-order valence-corrected chi connectivity index (χ3v) is 6.88. The summed E-state index contributed by atoms with van der Waals surface area (Å²) in [6, 6.07) is 9.08. The monoisotopic (exact) mass is 595 g/mol. The van der Waals surface area contributed by atoms with Crippen LogP contribution in [0.25, 0.3) is 0 Å². The first-order valence-corrected chi connectivity index (χ1v) is 13.4. The van der Waals surface area contributed by atoms with Gasteiger partial charge in [-0.05, 0) is 50.2 Å². The van der Waals surface area contributed by atoms with Gasteiger partial charge in [-0.3, -0.25) is 9.59 Å². The lowest BCUT2D eigenvalue weighted by molar-refractivity contribution is -0.113. The van der Waals surface area contributed by atoms with Crippen LogP contribution in [0.15, 0.2) is 54.2 Å². The molecule has 0 aliphatic heterocycles. The number of allylic oxidation sites excluding steroid dienone is 1. The summed E-state index contributed by atoms with van der Waals surface area (Å²) < 4.78 is 6.92. The number of amides is 2. The molecule has 9 nitrogen and oxygen atoms in total. The number of carbonyl (C=O) groups excluding carboxylic acids is 3. The van der Waals surface area contributed by atoms with Gasteiger partial charge < -0.3 is 19.9 Å². The van der Waals surface area contributed by atoms with Crippen LogP contribution in [0.1, 0.15) is 40.4 Å². The van der Waals surface area contributed by atoms with E-state index in [-0.39, 0.29) is 51.5 Å². The van der Waals surface area contributed by atoms with E-state index in [2.05, 4.69) is 27.4 Å². The summed E-state index contributed by atoms with van der Waals surface area (Å²) in [5.41, 5.74) is 0.902. The molecule has 2 amide bonds. The van der Waals surface area contributed by atoms with E-state index in [4.69, 9.17) is 39.5 Å². The van der Waals surface area contributed by atoms with E-state index in [0.29, 0.717) is 28.1 Å². The minimum Gasteiger partial charge on any atom is -0.459 e. The van der Waals surface area contributed by atoms with Crippen LogP contribution in [-0.2, 0) is 22.6 Å². The molecule has 38 heavy (non-hydrogen) atoms. The van der Waals surface area contributed by atoms with Crippen LogP contribution in [0, 0.1) is 0 Å². The number of halogens is 3. The lowest BCUT2D eigenvalue weighted by atomic mass is 10.2. The number of rotatable bonds is 11. The van der Waals surface area contributed by atoms with Crippen LogP contribution >= 0.6 is 46.6 Å². The molecule has 1 aromatic heterocycles. The number of nitrogens with one attached hydrogen (secondary N) is 2. The maximum atomic E-state index is 12.6. The van der Waals surface area contributed by atoms with E-state index in [1.807, 2.05) is 0 Å². The third-order valence-electron chi connectivity index (χ3n) is 4.85. The number of thioether (sulfide) groups is 1. The van der Waals surface area contributed by atoms with Gasteiger partial charge in [0.1, 0.15) is 0 Å². The van der Waals surface area contributed by atoms with Crippen LogP contribution in [0.3, 0.4) is 0 Å². The van der Waals surface area contributed by atoms with Crippen molar-refractivity contribution in [2.75, 3.05) is 11.1 Å². The van der Waals surface area contributed by atoms with Crippen molar-refractivity contribution in [2.45, 2.75) is 38.2 Å². The van der Waals surface area contributed by atoms with Gasteiger partial charge in [0.05, 0.1) is 44.7 Å². The zero-order valence-corrected chi connectivity index (χ0v) is 23.5. The van der Waals surface area contributed by atoms with Crippen molar-refractivity contribution in [1.82, 2.24) is 20.1 Å². The summed E-state index contributed by atoms with van der Waals surface area (Å²) in [5.74, 6) is -0.781. The Hall–Kier alpha value is -3.05. The minimum absolute atomic E-state index is 0.0120. The topological polar surface area (TPSA) is 115 Å². The summed E-state index contributed by atoms with van der Waals surface area (Å²) in [6.07, 6.45) is 1.37. The number of hydrogen-bond acceptors (Lipinski definition) is 7. The second-order valence-electron chi connectivity index (χ2n) is 8.10. The molecule has 3 aromatic rings. The van der Waals surface area contributed by atoms with Crippen LogP contribution in [-0.4, -0.2) is 44.4 Å². The van der Waals surface area contributed by atoms with E-state index >= 15 is 0 Å². The molecule has 0 aliphatic carbocycles. The highest BCUT2D eigenvalue weighted by atomic mass is 35.5. The number of anilines is 1. The highest BCUT2D eigenvalue weighted by Gasteiger charge is 2.17. The molecule has 0 saturated carbocycles. The molecule has 3 rings (SSSR count). The molecule has 0 unspecified atom stereocenters. The molecule has 0 fully saturated rings. The molecule has 200 valence electrons. The van der Waals surface area contributed by atoms with Crippen LogP contribution in [0.2, 0.25) is 15.1 Å². The zero-order chi connectivity index (χ0) is 27.8. The lowest BCUT2D eigenvalue weighted by Crippen LogP contribution is -2.25. The summed E-state index contributed by atoms with van der Waals surface area (Å²) in [4.78, 5) is 37.3. The molecular weight excluding hydrogens is 573 g/mol. The maximum absolute atomic E-state index is 12.6. The Morgan fingerprint density at radius 3 is 2.45 bits per heavy atom. The van der Waals surface area contributed by atoms with Gasteiger partial charge in [-0.2, -0.15) is 0 Å². The van der Waals surface area contributed by atoms with Crippen LogP contribution in [0.4, 0.5) is 5.69 Å². The average molecular weight is 597 g/mol. The van der Waals surface area contributed by atoms with Gasteiger partial charge >= 0.3 is 5.97 Å². The van der Waals surface area contributed by atoms with E-state index in [9.17, 15) is 14.4 Å². The Labute approximate surface area is 238 Å². The van der Waals surface area contributed by atoms with Crippen molar-refractivity contribution < 1.29 is 19.1 Å². The van der Waals surface area contributed by atoms with Gasteiger partial charge in [0.25, 0.3) is 5.91 Å². The summed E-state index contributed by atoms with van der Waals surface area (Å²) in [6.45, 7) is 7.68. The van der Waals surface area contributed by atoms with Crippen molar-refractivity contribution in [3.05, 3.63) is 81.1 Å². The molecule has 2 aromatic carbocycles. The molecule has 1 heterocycles. The number of esters is 1. The SMILES string of the molecule is C=CCn1c(CNC(=O)c2ccc(Cl)c(Cl)c2)nnc1SCC(=O)Nc1cc(C(=O)OC(C)C)ccc1Cl. The molecule has 0 spiro atoms. The second-order valence-corrected chi connectivity index (χ2v) is 10.3. The van der Waals surface area contributed by atoms with E-state index in [1.165, 1.54) is 24.3 Å². The van der Waals surface area contributed by atoms with Gasteiger partial charge in [-0.1, -0.05) is 52.6 Å². The van der Waals surface area contributed by atoms with Crippen molar-refractivity contribution in [3.8, 4) is 0 Å². The molecule has 0 bridgehead atoms. The largest absolute Gasteiger partial charge is 0.459 e. The number of aromatic nitrogens is 3. The van der Waals surface area contributed by atoms with Crippen molar-refractivity contribution in [2.24, 2.45) is 0 Å². The van der Waals surface area contributed by atoms with Gasteiger partial charge in [0.2, 0.25) is 5.91 Å². The summed E-state index contributed by atoms with van der Waals surface area (Å²) >= 11 is 19.2. The summed E-state index contributed by atoms with van der Waals surface area (Å²) in [7, 11) is 0. The van der Waals surface area contributed by atoms with Gasteiger partial charge in [0.15, 0.2) is 11.0 Å². The Morgan fingerprint density at radius 2 is 1.76 bits per heavy atom. The number of benzene rings is 2. The molecule has 0 saturated heterocycles. The van der Waals surface area contributed by atoms with Gasteiger partial charge in [-0.25, -0.2) is 4.79 Å². The van der Waals surface area contributed by atoms with E-state index in [0.717, 1.165) is 11.8 Å². The number of nitrogens with zero attached hydrogens (tertiary/aromatic N) is 3. The minimum atomic E-state index is -0.516. The fraction of sp³-hybridized carbons (Fsp3) is 0.240. The Bertz CT molecular complexity index is 1360. The maximum Gasteiger partial charge on any atom is 0.338 e. The molecule has 13 heteroatoms. The highest BCUT2D eigenvalue weighted by molar-refractivity contribution is 7.99. The summed E-state index contributed by atoms with van der Waals surface area (Å²) in [5, 5.41) is 15.1. The average Bonchev–Trinajstić information content (AvgIpc) is 3.25. The highest BCUT2D eigenvalue weighted by Crippen LogP contribution is 2.25. The predicted molar refractivity (Wildman–Crippen MR) is 149 cm³/mol. The molecule has 0 atom stereocenters. The smallest absolute Gasteiger partial charge is 0.338 e. The van der Waals surface area contributed by atoms with Crippen molar-refractivity contribution >= 4 is 70.0 Å². The second kappa shape index (κ2) is 13.7. The Kier molecular flexibility index (Phi) is 10.6. The molecular formula is C25H24Cl3N5O4S. The molecule has 2 N–H and O–H groups in total. The Balaban J connectivity index is 1.63.